The molecular formula is C122H88N2. The lowest BCUT2D eigenvalue weighted by Gasteiger charge is -2.33. The van der Waals surface area contributed by atoms with Crippen molar-refractivity contribution in [3.8, 4) is 145 Å². The van der Waals surface area contributed by atoms with Crippen molar-refractivity contribution in [1.82, 2.24) is 0 Å². The Hall–Kier alpha value is -15.5. The number of rotatable bonds is 17. The zero-order valence-electron chi connectivity index (χ0n) is 69.8. The van der Waals surface area contributed by atoms with Crippen molar-refractivity contribution in [3.63, 3.8) is 0 Å². The van der Waals surface area contributed by atoms with Gasteiger partial charge >= 0.3 is 0 Å². The topological polar surface area (TPSA) is 6.48 Å². The summed E-state index contributed by atoms with van der Waals surface area (Å²) in [6.07, 6.45) is 0. The molecule has 2 aliphatic carbocycles. The van der Waals surface area contributed by atoms with Crippen molar-refractivity contribution in [3.05, 3.63) is 483 Å². The van der Waals surface area contributed by atoms with E-state index in [-0.39, 0.29) is 5.41 Å². The normalized spacial score (nSPS) is 12.6. The van der Waals surface area contributed by atoms with Gasteiger partial charge in [0.25, 0.3) is 0 Å². The molecule has 0 saturated heterocycles. The average molecular weight is 1580 g/mol. The highest BCUT2D eigenvalue weighted by Gasteiger charge is 2.41. The zero-order valence-corrected chi connectivity index (χ0v) is 69.8. The summed E-state index contributed by atoms with van der Waals surface area (Å²) in [7, 11) is 0. The van der Waals surface area contributed by atoms with Crippen LogP contribution in [0.3, 0.4) is 0 Å². The second-order valence-electron chi connectivity index (χ2n) is 34.0. The van der Waals surface area contributed by atoms with Gasteiger partial charge in [0.2, 0.25) is 0 Å². The fraction of sp³-hybridized carbons (Fsp3) is 0.0492. The molecule has 0 radical (unpaired) electrons. The number of nitrogens with zero attached hydrogens (tertiary/aromatic N) is 2. The minimum absolute atomic E-state index is 0.210. The Morgan fingerprint density at radius 2 is 0.476 bits per heavy atom. The maximum atomic E-state index is 2.63. The number of benzene rings is 20. The molecule has 0 atom stereocenters. The molecule has 2 aliphatic rings. The Morgan fingerprint density at radius 3 is 1.02 bits per heavy atom. The monoisotopic (exact) mass is 1580 g/mol. The van der Waals surface area contributed by atoms with E-state index >= 15 is 0 Å². The molecule has 2 nitrogen and oxygen atoms in total. The van der Waals surface area contributed by atoms with Gasteiger partial charge in [-0.2, -0.15) is 0 Å². The van der Waals surface area contributed by atoms with Crippen molar-refractivity contribution in [2.24, 2.45) is 0 Å². The highest BCUT2D eigenvalue weighted by atomic mass is 15.2. The quantitative estimate of drug-likeness (QED) is 0.0839. The SMILES string of the molecule is CC1(C)c2ccccc2-c2c(-c3ccccc3N(c3cccc(-c4ccccc4)c3-c3ccccc3-c3ccccc3)c3cc4ccccc4c4cc(-c5cccc6c5C(C)(C)c5cccc(-c7ccccc7N(c7ccccc7-c7ccc(-c8ccccc8)cc7)c7cccc(-c8ccccc8)c7-c7ccccc7-c7ccccc7)c5-6)ccc34)cccc21. The van der Waals surface area contributed by atoms with E-state index in [4.69, 9.17) is 0 Å². The molecular weight excluding hydrogens is 1490 g/mol. The van der Waals surface area contributed by atoms with E-state index in [1.165, 1.54) is 83.1 Å². The van der Waals surface area contributed by atoms with Crippen LogP contribution in [0, 0.1) is 0 Å². The largest absolute Gasteiger partial charge is 0.309 e. The number of hydrogen-bond donors (Lipinski definition) is 0. The minimum Gasteiger partial charge on any atom is -0.309 e. The molecule has 0 N–H and O–H groups in total. The van der Waals surface area contributed by atoms with Crippen LogP contribution in [0.5, 0.6) is 0 Å². The predicted molar refractivity (Wildman–Crippen MR) is 526 cm³/mol. The highest BCUT2D eigenvalue weighted by molar-refractivity contribution is 6.18. The molecule has 124 heavy (non-hydrogen) atoms. The summed E-state index contributed by atoms with van der Waals surface area (Å²) < 4.78 is 0. The summed E-state index contributed by atoms with van der Waals surface area (Å²) in [5.41, 5.74) is 41.5. The summed E-state index contributed by atoms with van der Waals surface area (Å²) in [5.74, 6) is 0. The minimum atomic E-state index is -0.453. The Kier molecular flexibility index (Phi) is 18.7. The van der Waals surface area contributed by atoms with E-state index in [1.54, 1.807) is 0 Å². The molecule has 0 aliphatic heterocycles. The second-order valence-corrected chi connectivity index (χ2v) is 34.0. The van der Waals surface area contributed by atoms with Crippen molar-refractivity contribution < 1.29 is 0 Å². The van der Waals surface area contributed by atoms with Gasteiger partial charge in [-0.15, -0.1) is 0 Å². The molecule has 0 saturated carbocycles. The van der Waals surface area contributed by atoms with Gasteiger partial charge in [-0.3, -0.25) is 0 Å². The molecule has 2 heteroatoms. The molecule has 586 valence electrons. The Labute approximate surface area is 726 Å². The summed E-state index contributed by atoms with van der Waals surface area (Å²) in [4.78, 5) is 5.22. The Balaban J connectivity index is 0.755. The Morgan fingerprint density at radius 1 is 0.153 bits per heavy atom. The van der Waals surface area contributed by atoms with Crippen LogP contribution in [0.4, 0.5) is 34.1 Å². The van der Waals surface area contributed by atoms with E-state index in [0.717, 1.165) is 139 Å². The van der Waals surface area contributed by atoms with E-state index in [9.17, 15) is 0 Å². The molecule has 22 rings (SSSR count). The first-order valence-electron chi connectivity index (χ1n) is 43.3. The summed E-state index contributed by atoms with van der Waals surface area (Å²) in [6, 6.07) is 172. The first kappa shape index (κ1) is 74.8. The van der Waals surface area contributed by atoms with Gasteiger partial charge in [-0.05, 0) is 198 Å². The van der Waals surface area contributed by atoms with Gasteiger partial charge in [0.15, 0.2) is 0 Å². The van der Waals surface area contributed by atoms with Crippen LogP contribution in [0.15, 0.2) is 461 Å². The first-order chi connectivity index (χ1) is 61.1. The Bertz CT molecular complexity index is 7510. The number of fused-ring (bicyclic) bond motifs is 9. The van der Waals surface area contributed by atoms with Crippen LogP contribution in [0.2, 0.25) is 0 Å². The smallest absolute Gasteiger partial charge is 0.0547 e. The lowest BCUT2D eigenvalue weighted by Crippen LogP contribution is -2.16. The fourth-order valence-corrected chi connectivity index (χ4v) is 20.6. The van der Waals surface area contributed by atoms with Crippen LogP contribution >= 0.6 is 0 Å². The molecule has 0 spiro atoms. The maximum Gasteiger partial charge on any atom is 0.0547 e. The van der Waals surface area contributed by atoms with Gasteiger partial charge in [-0.1, -0.05) is 446 Å². The lowest BCUT2D eigenvalue weighted by molar-refractivity contribution is 0.660. The number of hydrogen-bond acceptors (Lipinski definition) is 2. The number of para-hydroxylation sites is 3. The molecule has 0 amide bonds. The third-order valence-corrected chi connectivity index (χ3v) is 26.3. The highest BCUT2D eigenvalue weighted by Crippen LogP contribution is 2.61. The second kappa shape index (κ2) is 31.0. The molecule has 20 aromatic rings. The van der Waals surface area contributed by atoms with Gasteiger partial charge in [-0.25, -0.2) is 0 Å². The van der Waals surface area contributed by atoms with Crippen LogP contribution in [-0.2, 0) is 10.8 Å². The lowest BCUT2D eigenvalue weighted by atomic mass is 9.78. The van der Waals surface area contributed by atoms with Crippen LogP contribution in [0.25, 0.3) is 166 Å². The van der Waals surface area contributed by atoms with Crippen molar-refractivity contribution in [1.29, 1.82) is 0 Å². The van der Waals surface area contributed by atoms with E-state index in [0.29, 0.717) is 0 Å². The molecule has 0 unspecified atom stereocenters. The van der Waals surface area contributed by atoms with Crippen LogP contribution in [0.1, 0.15) is 49.9 Å². The van der Waals surface area contributed by atoms with Gasteiger partial charge in [0, 0.05) is 44.0 Å². The molecule has 0 aromatic heterocycles. The summed E-state index contributed by atoms with van der Waals surface area (Å²) in [6.45, 7) is 9.69. The predicted octanol–water partition coefficient (Wildman–Crippen LogP) is 33.9. The molecule has 0 heterocycles. The van der Waals surface area contributed by atoms with E-state index < -0.39 is 5.41 Å². The van der Waals surface area contributed by atoms with Crippen molar-refractivity contribution >= 4 is 55.7 Å². The van der Waals surface area contributed by atoms with Gasteiger partial charge in [0.1, 0.15) is 0 Å². The summed E-state index contributed by atoms with van der Waals surface area (Å²) >= 11 is 0. The summed E-state index contributed by atoms with van der Waals surface area (Å²) in [5, 5.41) is 4.65. The fourth-order valence-electron chi connectivity index (χ4n) is 20.6. The molecule has 0 bridgehead atoms. The maximum absolute atomic E-state index is 2.63. The van der Waals surface area contributed by atoms with Crippen LogP contribution < -0.4 is 9.80 Å². The average Bonchev–Trinajstić information content (AvgIpc) is 1.50. The molecule has 0 fully saturated rings. The van der Waals surface area contributed by atoms with Gasteiger partial charge in [0.05, 0.1) is 34.1 Å². The molecule has 20 aromatic carbocycles. The third-order valence-electron chi connectivity index (χ3n) is 26.3. The van der Waals surface area contributed by atoms with Crippen LogP contribution in [-0.4, -0.2) is 0 Å². The van der Waals surface area contributed by atoms with Crippen molar-refractivity contribution in [2.45, 2.75) is 38.5 Å². The van der Waals surface area contributed by atoms with E-state index in [2.05, 4.69) is 499 Å². The number of anilines is 6. The van der Waals surface area contributed by atoms with Crippen molar-refractivity contribution in [2.75, 3.05) is 9.80 Å². The standard InChI is InChI=1S/C122H88N2/c1-121(2)107-65-30-26-58-104(107)116-102(62-35-66-108(116)121)97-54-29-33-70-112(97)124(114-72-38-60-95(86-47-18-9-19-48-86)119(114)101-57-25-23-51-91(101)84-43-14-7-15-44-84)115-80-88-49-20-21-52-92(88)106-79-89(77-78-99(106)115)96-61-34-64-105-117-103(63-36-67-109(117)122(3,4)120(96)105)98-55-28-32-69-111(98)123(110-68-31-27-53-93(110)87-75-73-82(74-76-87)81-39-10-5-11-40-81)113-71-37-59-94(85-45-16-8-17-46-85)118(113)100-56-24-22-50-90(100)83-41-12-6-13-42-83/h5-80H,1-4H3. The first-order valence-corrected chi connectivity index (χ1v) is 43.3. The van der Waals surface area contributed by atoms with Gasteiger partial charge < -0.3 is 9.80 Å². The van der Waals surface area contributed by atoms with E-state index in [1.807, 2.05) is 0 Å². The third kappa shape index (κ3) is 12.6. The zero-order chi connectivity index (χ0) is 83.0.